The maximum absolute atomic E-state index is 14.0. The molecule has 0 spiro atoms. The second-order valence-corrected chi connectivity index (χ2v) is 8.46. The fourth-order valence-electron chi connectivity index (χ4n) is 4.38. The third kappa shape index (κ3) is 5.17. The van der Waals surface area contributed by atoms with E-state index in [1.54, 1.807) is 18.2 Å². The van der Waals surface area contributed by atoms with Crippen molar-refractivity contribution < 1.29 is 23.0 Å². The predicted octanol–water partition coefficient (Wildman–Crippen LogP) is 3.89. The zero-order valence-electron chi connectivity index (χ0n) is 20.4. The van der Waals surface area contributed by atoms with Gasteiger partial charge in [0.1, 0.15) is 11.5 Å². The van der Waals surface area contributed by atoms with Gasteiger partial charge >= 0.3 is 0 Å². The second-order valence-electron chi connectivity index (χ2n) is 8.46. The van der Waals surface area contributed by atoms with Crippen molar-refractivity contribution in [3.8, 4) is 28.4 Å². The van der Waals surface area contributed by atoms with Crippen LogP contribution >= 0.6 is 0 Å². The third-order valence-electron chi connectivity index (χ3n) is 6.10. The Kier molecular flexibility index (Phi) is 7.52. The van der Waals surface area contributed by atoms with Gasteiger partial charge in [-0.3, -0.25) is 9.59 Å². The summed E-state index contributed by atoms with van der Waals surface area (Å²) in [6, 6.07) is 9.59. The Morgan fingerprint density at radius 1 is 1.06 bits per heavy atom. The Morgan fingerprint density at radius 2 is 1.75 bits per heavy atom. The number of carbonyl (C=O) groups excluding carboxylic acids is 1. The molecular weight excluding hydrogens is 470 g/mol. The molecule has 2 N–H and O–H groups in total. The highest BCUT2D eigenvalue weighted by Crippen LogP contribution is 2.35. The average Bonchev–Trinajstić information content (AvgIpc) is 3.37. The molecule has 3 aromatic rings. The summed E-state index contributed by atoms with van der Waals surface area (Å²) in [6.45, 7) is 2.16. The number of aromatic nitrogens is 2. The van der Waals surface area contributed by atoms with Gasteiger partial charge in [0.05, 0.1) is 25.6 Å². The van der Waals surface area contributed by atoms with Crippen LogP contribution in [0.4, 0.5) is 14.5 Å². The molecule has 0 bridgehead atoms. The number of fused-ring (bicyclic) bond motifs is 1. The van der Waals surface area contributed by atoms with E-state index >= 15 is 0 Å². The SMILES string of the molecule is COc1cc(OC)cc(-c2nn(-c3cc(NCCNC(C)=O)ccc3C(F)F)c(=O)c3c2CCC3)c1. The summed E-state index contributed by atoms with van der Waals surface area (Å²) in [4.78, 5) is 24.5. The fraction of sp³-hybridized carbons (Fsp3) is 0.346. The van der Waals surface area contributed by atoms with E-state index in [-0.39, 0.29) is 17.2 Å². The van der Waals surface area contributed by atoms with E-state index in [0.29, 0.717) is 59.9 Å². The quantitative estimate of drug-likeness (QED) is 0.435. The number of carbonyl (C=O) groups is 1. The molecule has 1 aliphatic rings. The fourth-order valence-corrected chi connectivity index (χ4v) is 4.38. The van der Waals surface area contributed by atoms with Crippen molar-refractivity contribution in [2.75, 3.05) is 32.6 Å². The molecule has 0 saturated carbocycles. The Bertz CT molecular complexity index is 1320. The van der Waals surface area contributed by atoms with E-state index < -0.39 is 12.0 Å². The molecule has 1 aliphatic carbocycles. The van der Waals surface area contributed by atoms with Gasteiger partial charge in [-0.15, -0.1) is 0 Å². The Labute approximate surface area is 207 Å². The number of methoxy groups -OCH3 is 2. The monoisotopic (exact) mass is 498 g/mol. The van der Waals surface area contributed by atoms with Crippen LogP contribution in [0.1, 0.15) is 36.5 Å². The molecule has 0 saturated heterocycles. The van der Waals surface area contributed by atoms with Gasteiger partial charge in [-0.1, -0.05) is 0 Å². The van der Waals surface area contributed by atoms with Crippen molar-refractivity contribution in [3.63, 3.8) is 0 Å². The van der Waals surface area contributed by atoms with Crippen LogP contribution in [0, 0.1) is 0 Å². The first-order valence-corrected chi connectivity index (χ1v) is 11.6. The van der Waals surface area contributed by atoms with Crippen molar-refractivity contribution in [1.82, 2.24) is 15.1 Å². The maximum Gasteiger partial charge on any atom is 0.275 e. The zero-order valence-corrected chi connectivity index (χ0v) is 20.4. The Balaban J connectivity index is 1.85. The molecule has 10 heteroatoms. The minimum Gasteiger partial charge on any atom is -0.497 e. The molecule has 36 heavy (non-hydrogen) atoms. The topological polar surface area (TPSA) is 94.5 Å². The van der Waals surface area contributed by atoms with E-state index in [2.05, 4.69) is 15.7 Å². The van der Waals surface area contributed by atoms with E-state index in [1.165, 1.54) is 39.3 Å². The Morgan fingerprint density at radius 3 is 2.39 bits per heavy atom. The number of hydrogen-bond donors (Lipinski definition) is 2. The van der Waals surface area contributed by atoms with Crippen molar-refractivity contribution >= 4 is 11.6 Å². The summed E-state index contributed by atoms with van der Waals surface area (Å²) < 4.78 is 39.9. The molecule has 4 rings (SSSR count). The molecule has 0 unspecified atom stereocenters. The predicted molar refractivity (Wildman–Crippen MR) is 133 cm³/mol. The molecule has 0 radical (unpaired) electrons. The highest BCUT2D eigenvalue weighted by atomic mass is 19.3. The van der Waals surface area contributed by atoms with E-state index in [4.69, 9.17) is 9.47 Å². The average molecular weight is 499 g/mol. The van der Waals surface area contributed by atoms with Crippen LogP contribution in [0.15, 0.2) is 41.2 Å². The second kappa shape index (κ2) is 10.8. The van der Waals surface area contributed by atoms with Gasteiger partial charge in [0.2, 0.25) is 5.91 Å². The molecule has 190 valence electrons. The lowest BCUT2D eigenvalue weighted by molar-refractivity contribution is -0.118. The van der Waals surface area contributed by atoms with E-state index in [1.807, 2.05) is 0 Å². The van der Waals surface area contributed by atoms with Crippen molar-refractivity contribution in [2.24, 2.45) is 0 Å². The van der Waals surface area contributed by atoms with Gasteiger partial charge in [0.15, 0.2) is 0 Å². The lowest BCUT2D eigenvalue weighted by Crippen LogP contribution is -2.27. The third-order valence-corrected chi connectivity index (χ3v) is 6.10. The molecule has 0 aliphatic heterocycles. The first kappa shape index (κ1) is 25.2. The van der Waals surface area contributed by atoms with Crippen LogP contribution in [-0.4, -0.2) is 43.0 Å². The molecular formula is C26H28F2N4O4. The number of anilines is 1. The van der Waals surface area contributed by atoms with Crippen LogP contribution in [-0.2, 0) is 17.6 Å². The largest absolute Gasteiger partial charge is 0.497 e. The number of halogens is 2. The number of rotatable bonds is 9. The summed E-state index contributed by atoms with van der Waals surface area (Å²) in [6.07, 6.45) is -0.823. The van der Waals surface area contributed by atoms with Gasteiger partial charge in [0, 0.05) is 48.5 Å². The summed E-state index contributed by atoms with van der Waals surface area (Å²) in [5.41, 5.74) is 2.41. The highest BCUT2D eigenvalue weighted by Gasteiger charge is 2.26. The number of ether oxygens (including phenoxy) is 2. The van der Waals surface area contributed by atoms with Gasteiger partial charge in [-0.05, 0) is 55.2 Å². The molecule has 1 amide bonds. The highest BCUT2D eigenvalue weighted by molar-refractivity contribution is 5.73. The van der Waals surface area contributed by atoms with Gasteiger partial charge < -0.3 is 20.1 Å². The first-order chi connectivity index (χ1) is 17.3. The summed E-state index contributed by atoms with van der Waals surface area (Å²) in [5.74, 6) is 0.935. The van der Waals surface area contributed by atoms with E-state index in [9.17, 15) is 18.4 Å². The number of amides is 1. The molecule has 8 nitrogen and oxygen atoms in total. The molecule has 1 aromatic heterocycles. The molecule has 0 atom stereocenters. The first-order valence-electron chi connectivity index (χ1n) is 11.6. The molecule has 2 aromatic carbocycles. The summed E-state index contributed by atoms with van der Waals surface area (Å²) in [7, 11) is 3.08. The number of hydrogen-bond acceptors (Lipinski definition) is 6. The lowest BCUT2D eigenvalue weighted by Gasteiger charge is -2.17. The van der Waals surface area contributed by atoms with Crippen molar-refractivity contribution in [1.29, 1.82) is 0 Å². The van der Waals surface area contributed by atoms with Crippen molar-refractivity contribution in [3.05, 3.63) is 63.4 Å². The maximum atomic E-state index is 14.0. The van der Waals surface area contributed by atoms with Crippen molar-refractivity contribution in [2.45, 2.75) is 32.6 Å². The number of benzene rings is 2. The van der Waals surface area contributed by atoms with Crippen LogP contribution in [0.25, 0.3) is 16.9 Å². The number of nitrogens with zero attached hydrogens (tertiary/aromatic N) is 2. The van der Waals surface area contributed by atoms with Gasteiger partial charge in [-0.25, -0.2) is 8.78 Å². The summed E-state index contributed by atoms with van der Waals surface area (Å²) >= 11 is 0. The minimum absolute atomic E-state index is 0.00494. The standard InChI is InChI=1S/C26H28F2N4O4/c1-15(33)29-9-10-30-17-7-8-22(25(27)28)23(13-17)32-26(34)21-6-4-5-20(21)24(31-32)16-11-18(35-2)14-19(12-16)36-3/h7-8,11-14,25,30H,4-6,9-10H2,1-3H3,(H,29,33). The Hall–Kier alpha value is -3.95. The van der Waals surface area contributed by atoms with E-state index in [0.717, 1.165) is 16.7 Å². The van der Waals surface area contributed by atoms with Crippen LogP contribution in [0.5, 0.6) is 11.5 Å². The van der Waals surface area contributed by atoms with Crippen LogP contribution < -0.4 is 25.7 Å². The minimum atomic E-state index is -2.81. The van der Waals surface area contributed by atoms with Crippen LogP contribution in [0.2, 0.25) is 0 Å². The van der Waals surface area contributed by atoms with Crippen LogP contribution in [0.3, 0.4) is 0 Å². The number of alkyl halides is 2. The molecule has 1 heterocycles. The summed E-state index contributed by atoms with van der Waals surface area (Å²) in [5, 5.41) is 10.4. The smallest absolute Gasteiger partial charge is 0.275 e. The lowest BCUT2D eigenvalue weighted by atomic mass is 10.0. The van der Waals surface area contributed by atoms with Gasteiger partial charge in [0.25, 0.3) is 12.0 Å². The van der Waals surface area contributed by atoms with Gasteiger partial charge in [-0.2, -0.15) is 9.78 Å². The normalized spacial score (nSPS) is 12.4. The molecule has 0 fully saturated rings. The number of nitrogens with one attached hydrogen (secondary N) is 2. The zero-order chi connectivity index (χ0) is 25.8.